The number of piperidine rings is 1. The van der Waals surface area contributed by atoms with Crippen LogP contribution in [0.1, 0.15) is 35.7 Å². The minimum atomic E-state index is -0.517. The summed E-state index contributed by atoms with van der Waals surface area (Å²) in [5, 5.41) is 13.0. The van der Waals surface area contributed by atoms with Crippen molar-refractivity contribution in [1.29, 1.82) is 0 Å². The van der Waals surface area contributed by atoms with Gasteiger partial charge in [-0.05, 0) is 62.7 Å². The number of nitrogens with zero attached hydrogens (tertiary/aromatic N) is 1. The molecule has 0 radical (unpaired) electrons. The first kappa shape index (κ1) is 18.3. The van der Waals surface area contributed by atoms with Crippen molar-refractivity contribution in [2.75, 3.05) is 32.4 Å². The summed E-state index contributed by atoms with van der Waals surface area (Å²) in [5.41, 5.74) is 1.65. The van der Waals surface area contributed by atoms with Gasteiger partial charge in [0.05, 0.1) is 6.10 Å². The summed E-state index contributed by atoms with van der Waals surface area (Å²) >= 11 is 1.62. The number of hydrogen-bond donors (Lipinski definition) is 2. The van der Waals surface area contributed by atoms with E-state index < -0.39 is 6.10 Å². The van der Waals surface area contributed by atoms with E-state index in [0.29, 0.717) is 18.7 Å². The molecule has 1 amide bonds. The third kappa shape index (κ3) is 5.52. The van der Waals surface area contributed by atoms with E-state index in [4.69, 9.17) is 0 Å². The van der Waals surface area contributed by atoms with Gasteiger partial charge in [-0.3, -0.25) is 4.79 Å². The summed E-state index contributed by atoms with van der Waals surface area (Å²) in [6, 6.07) is 5.89. The minimum Gasteiger partial charge on any atom is -0.390 e. The number of carbonyl (C=O) groups is 1. The van der Waals surface area contributed by atoms with E-state index in [1.54, 1.807) is 11.8 Å². The summed E-state index contributed by atoms with van der Waals surface area (Å²) in [6.07, 6.45) is 3.87. The Labute approximate surface area is 143 Å². The number of amides is 1. The molecule has 1 atom stereocenters. The van der Waals surface area contributed by atoms with Gasteiger partial charge in [0.15, 0.2) is 0 Å². The summed E-state index contributed by atoms with van der Waals surface area (Å²) in [5.74, 6) is 0.680. The number of likely N-dealkylation sites (tertiary alicyclic amines) is 1. The van der Waals surface area contributed by atoms with Gasteiger partial charge in [-0.2, -0.15) is 0 Å². The van der Waals surface area contributed by atoms with Crippen LogP contribution < -0.4 is 5.32 Å². The highest BCUT2D eigenvalue weighted by Gasteiger charge is 2.19. The number of thioether (sulfide) groups is 1. The molecule has 1 aliphatic rings. The fraction of sp³-hybridized carbons (Fsp3) is 0.611. The van der Waals surface area contributed by atoms with Crippen molar-refractivity contribution in [1.82, 2.24) is 10.2 Å². The molecule has 1 fully saturated rings. The molecule has 0 aromatic heterocycles. The molecule has 5 heteroatoms. The Morgan fingerprint density at radius 3 is 2.78 bits per heavy atom. The smallest absolute Gasteiger partial charge is 0.251 e. The summed E-state index contributed by atoms with van der Waals surface area (Å²) in [6.45, 7) is 7.23. The summed E-state index contributed by atoms with van der Waals surface area (Å²) in [7, 11) is 0. The van der Waals surface area contributed by atoms with Crippen LogP contribution in [0.25, 0.3) is 0 Å². The number of aliphatic hydroxyl groups is 1. The van der Waals surface area contributed by atoms with E-state index in [2.05, 4.69) is 17.1 Å². The highest BCUT2D eigenvalue weighted by atomic mass is 32.2. The molecular formula is C18H28N2O2S. The van der Waals surface area contributed by atoms with Crippen molar-refractivity contribution >= 4 is 17.7 Å². The lowest BCUT2D eigenvalue weighted by Crippen LogP contribution is -2.43. The van der Waals surface area contributed by atoms with Crippen LogP contribution >= 0.6 is 11.8 Å². The molecular weight excluding hydrogens is 308 g/mol. The molecule has 128 valence electrons. The number of hydrogen-bond acceptors (Lipinski definition) is 4. The Morgan fingerprint density at radius 2 is 2.13 bits per heavy atom. The number of nitrogens with one attached hydrogen (secondary N) is 1. The van der Waals surface area contributed by atoms with Gasteiger partial charge in [0, 0.05) is 23.5 Å². The lowest BCUT2D eigenvalue weighted by atomic mass is 9.99. The fourth-order valence-electron chi connectivity index (χ4n) is 2.89. The Kier molecular flexibility index (Phi) is 6.93. The molecule has 2 N–H and O–H groups in total. The molecule has 1 aromatic carbocycles. The Hall–Kier alpha value is -1.04. The number of rotatable bonds is 6. The van der Waals surface area contributed by atoms with Crippen molar-refractivity contribution in [3.8, 4) is 0 Å². The zero-order valence-corrected chi connectivity index (χ0v) is 15.2. The highest BCUT2D eigenvalue weighted by Crippen LogP contribution is 2.19. The van der Waals surface area contributed by atoms with Gasteiger partial charge < -0.3 is 15.3 Å². The maximum Gasteiger partial charge on any atom is 0.251 e. The average Bonchev–Trinajstić information content (AvgIpc) is 2.55. The van der Waals surface area contributed by atoms with Crippen molar-refractivity contribution in [2.24, 2.45) is 5.92 Å². The number of carbonyl (C=O) groups excluding carboxylic acids is 1. The van der Waals surface area contributed by atoms with Gasteiger partial charge in [0.25, 0.3) is 5.91 Å². The quantitative estimate of drug-likeness (QED) is 0.784. The third-order valence-corrected chi connectivity index (χ3v) is 5.26. The van der Waals surface area contributed by atoms with Crippen LogP contribution in [-0.4, -0.2) is 54.5 Å². The second-order valence-corrected chi connectivity index (χ2v) is 7.41. The second-order valence-electron chi connectivity index (χ2n) is 6.53. The molecule has 1 aromatic rings. The first-order chi connectivity index (χ1) is 11.0. The lowest BCUT2D eigenvalue weighted by molar-refractivity contribution is 0.0795. The van der Waals surface area contributed by atoms with Gasteiger partial charge in [-0.1, -0.05) is 13.0 Å². The molecule has 0 bridgehead atoms. The topological polar surface area (TPSA) is 52.6 Å². The van der Waals surface area contributed by atoms with Gasteiger partial charge in [0.1, 0.15) is 0 Å². The van der Waals surface area contributed by atoms with Crippen LogP contribution in [0.5, 0.6) is 0 Å². The lowest BCUT2D eigenvalue weighted by Gasteiger charge is -2.31. The van der Waals surface area contributed by atoms with E-state index in [1.165, 1.54) is 12.8 Å². The molecule has 1 saturated heterocycles. The molecule has 1 unspecified atom stereocenters. The Balaban J connectivity index is 1.81. The molecule has 1 heterocycles. The van der Waals surface area contributed by atoms with Gasteiger partial charge in [0.2, 0.25) is 0 Å². The molecule has 23 heavy (non-hydrogen) atoms. The number of aliphatic hydroxyl groups excluding tert-OH is 1. The van der Waals surface area contributed by atoms with Gasteiger partial charge >= 0.3 is 0 Å². The van der Waals surface area contributed by atoms with Crippen molar-refractivity contribution in [2.45, 2.75) is 37.7 Å². The average molecular weight is 337 g/mol. The van der Waals surface area contributed by atoms with Crippen LogP contribution in [0, 0.1) is 12.8 Å². The standard InChI is InChI=1S/C18H28N2O2S/c1-13-6-8-20(9-7-13)12-15(21)11-19-18(22)17-10-16(23-3)5-4-14(17)2/h4-5,10,13,15,21H,6-9,11-12H2,1-3H3,(H,19,22). The van der Waals surface area contributed by atoms with Crippen LogP contribution in [0.2, 0.25) is 0 Å². The van der Waals surface area contributed by atoms with Gasteiger partial charge in [-0.25, -0.2) is 0 Å². The molecule has 0 spiro atoms. The minimum absolute atomic E-state index is 0.107. The molecule has 1 aliphatic heterocycles. The second kappa shape index (κ2) is 8.71. The largest absolute Gasteiger partial charge is 0.390 e. The highest BCUT2D eigenvalue weighted by molar-refractivity contribution is 7.98. The van der Waals surface area contributed by atoms with Crippen LogP contribution in [-0.2, 0) is 0 Å². The number of aryl methyl sites for hydroxylation is 1. The van der Waals surface area contributed by atoms with Crippen LogP contribution in [0.15, 0.2) is 23.1 Å². The molecule has 2 rings (SSSR count). The zero-order chi connectivity index (χ0) is 16.8. The monoisotopic (exact) mass is 336 g/mol. The van der Waals surface area contributed by atoms with E-state index >= 15 is 0 Å². The van der Waals surface area contributed by atoms with E-state index in [9.17, 15) is 9.90 Å². The SMILES string of the molecule is CSc1ccc(C)c(C(=O)NCC(O)CN2CCC(C)CC2)c1. The zero-order valence-electron chi connectivity index (χ0n) is 14.3. The van der Waals surface area contributed by atoms with Gasteiger partial charge in [-0.15, -0.1) is 11.8 Å². The summed E-state index contributed by atoms with van der Waals surface area (Å²) in [4.78, 5) is 15.7. The Bertz CT molecular complexity index is 528. The molecule has 4 nitrogen and oxygen atoms in total. The first-order valence-corrected chi connectivity index (χ1v) is 9.55. The maximum absolute atomic E-state index is 12.3. The fourth-order valence-corrected chi connectivity index (χ4v) is 3.33. The van der Waals surface area contributed by atoms with Crippen molar-refractivity contribution in [3.05, 3.63) is 29.3 Å². The third-order valence-electron chi connectivity index (χ3n) is 4.53. The van der Waals surface area contributed by atoms with Crippen molar-refractivity contribution < 1.29 is 9.90 Å². The maximum atomic E-state index is 12.3. The van der Waals surface area contributed by atoms with Crippen LogP contribution in [0.3, 0.4) is 0 Å². The van der Waals surface area contributed by atoms with E-state index in [1.807, 2.05) is 31.4 Å². The number of β-amino-alcohol motifs (C(OH)–C–C–N with tert-alkyl or cyclic N) is 1. The molecule has 0 aliphatic carbocycles. The van der Waals surface area contributed by atoms with E-state index in [0.717, 1.165) is 29.5 Å². The normalized spacial score (nSPS) is 17.9. The Morgan fingerprint density at radius 1 is 1.43 bits per heavy atom. The van der Waals surface area contributed by atoms with Crippen molar-refractivity contribution in [3.63, 3.8) is 0 Å². The summed E-state index contributed by atoms with van der Waals surface area (Å²) < 4.78 is 0. The van der Waals surface area contributed by atoms with Crippen LogP contribution in [0.4, 0.5) is 0 Å². The predicted octanol–water partition coefficient (Wildman–Crippen LogP) is 2.54. The predicted molar refractivity (Wildman–Crippen MR) is 96.1 cm³/mol. The first-order valence-electron chi connectivity index (χ1n) is 8.33. The number of benzene rings is 1. The van der Waals surface area contributed by atoms with E-state index in [-0.39, 0.29) is 5.91 Å². The molecule has 0 saturated carbocycles.